The number of nitrogen functional groups attached to an aromatic ring is 1. The van der Waals surface area contributed by atoms with E-state index in [9.17, 15) is 9.59 Å². The van der Waals surface area contributed by atoms with E-state index in [0.29, 0.717) is 0 Å². The number of nitrogens with two attached hydrogens (primary N) is 1. The second-order valence-corrected chi connectivity index (χ2v) is 3.47. The largest absolute Gasteiger partial charge is 0.385 e. The Morgan fingerprint density at radius 2 is 2.25 bits per heavy atom. The van der Waals surface area contributed by atoms with Gasteiger partial charge >= 0.3 is 5.69 Å². The lowest BCUT2D eigenvalue weighted by Crippen LogP contribution is -2.31. The fourth-order valence-corrected chi connectivity index (χ4v) is 1.44. The highest BCUT2D eigenvalue weighted by Crippen LogP contribution is 2.01. The second-order valence-electron chi connectivity index (χ2n) is 3.47. The Morgan fingerprint density at radius 1 is 1.50 bits per heavy atom. The first-order valence-electron chi connectivity index (χ1n) is 4.63. The Balaban J connectivity index is 2.42. The lowest BCUT2D eigenvalue weighted by Gasteiger charge is -2.05. The minimum Gasteiger partial charge on any atom is -0.385 e. The van der Waals surface area contributed by atoms with Crippen molar-refractivity contribution in [1.82, 2.24) is 19.3 Å². The molecule has 0 aliphatic rings. The van der Waals surface area contributed by atoms with Gasteiger partial charge in [-0.25, -0.2) is 4.79 Å². The highest BCUT2D eigenvalue weighted by atomic mass is 16.2. The molecule has 0 fully saturated rings. The first-order chi connectivity index (χ1) is 7.56. The van der Waals surface area contributed by atoms with E-state index in [1.807, 2.05) is 0 Å². The zero-order valence-electron chi connectivity index (χ0n) is 8.67. The number of aromatic nitrogens is 4. The lowest BCUT2D eigenvalue weighted by molar-refractivity contribution is 0.729. The van der Waals surface area contributed by atoms with Crippen LogP contribution in [0.25, 0.3) is 0 Å². The van der Waals surface area contributed by atoms with E-state index in [0.717, 1.165) is 5.56 Å². The number of nitrogens with zero attached hydrogens (tertiary/aromatic N) is 3. The molecule has 0 bridgehead atoms. The standard InChI is InChI=1S/C9H11N5O2/c1-13-4-6(3-11-13)5-14-7(10)2-8(15)12-9(14)16/h2-4H,5,10H2,1H3,(H,12,15,16). The van der Waals surface area contributed by atoms with Crippen LogP contribution in [0.1, 0.15) is 5.56 Å². The summed E-state index contributed by atoms with van der Waals surface area (Å²) in [6, 6.07) is 1.18. The van der Waals surface area contributed by atoms with Crippen LogP contribution < -0.4 is 17.0 Å². The maximum Gasteiger partial charge on any atom is 0.330 e. The Hall–Kier alpha value is -2.31. The Labute approximate surface area is 90.1 Å². The third kappa shape index (κ3) is 1.88. The number of hydrogen-bond donors (Lipinski definition) is 2. The minimum absolute atomic E-state index is 0.137. The van der Waals surface area contributed by atoms with Gasteiger partial charge in [-0.2, -0.15) is 5.10 Å². The summed E-state index contributed by atoms with van der Waals surface area (Å²) in [6.07, 6.45) is 3.41. The molecule has 0 spiro atoms. The van der Waals surface area contributed by atoms with Crippen LogP contribution >= 0.6 is 0 Å². The van der Waals surface area contributed by atoms with Gasteiger partial charge < -0.3 is 5.73 Å². The maximum absolute atomic E-state index is 11.5. The maximum atomic E-state index is 11.5. The molecule has 0 unspecified atom stereocenters. The molecule has 0 aromatic carbocycles. The van der Waals surface area contributed by atoms with Crippen LogP contribution in [0.3, 0.4) is 0 Å². The van der Waals surface area contributed by atoms with Crippen LogP contribution in [0, 0.1) is 0 Å². The summed E-state index contributed by atoms with van der Waals surface area (Å²) >= 11 is 0. The van der Waals surface area contributed by atoms with Crippen molar-refractivity contribution in [1.29, 1.82) is 0 Å². The molecule has 16 heavy (non-hydrogen) atoms. The molecule has 0 atom stereocenters. The van der Waals surface area contributed by atoms with Gasteiger partial charge in [0, 0.05) is 24.9 Å². The van der Waals surface area contributed by atoms with Crippen LogP contribution in [-0.2, 0) is 13.6 Å². The smallest absolute Gasteiger partial charge is 0.330 e. The van der Waals surface area contributed by atoms with Crippen molar-refractivity contribution >= 4 is 5.82 Å². The van der Waals surface area contributed by atoms with Gasteiger partial charge in [-0.3, -0.25) is 19.0 Å². The van der Waals surface area contributed by atoms with Crippen molar-refractivity contribution in [3.8, 4) is 0 Å². The molecule has 7 nitrogen and oxygen atoms in total. The zero-order valence-corrected chi connectivity index (χ0v) is 8.67. The SMILES string of the molecule is Cn1cc(Cn2c(N)cc(=O)[nH]c2=O)cn1. The van der Waals surface area contributed by atoms with Gasteiger partial charge in [0.05, 0.1) is 12.7 Å². The summed E-state index contributed by atoms with van der Waals surface area (Å²) in [4.78, 5) is 24.6. The second kappa shape index (κ2) is 3.69. The molecule has 84 valence electrons. The highest BCUT2D eigenvalue weighted by molar-refractivity contribution is 5.27. The topological polar surface area (TPSA) is 98.7 Å². The van der Waals surface area contributed by atoms with E-state index in [-0.39, 0.29) is 12.4 Å². The van der Waals surface area contributed by atoms with E-state index in [4.69, 9.17) is 5.73 Å². The Kier molecular flexibility index (Phi) is 2.35. The van der Waals surface area contributed by atoms with Crippen molar-refractivity contribution in [2.45, 2.75) is 6.54 Å². The van der Waals surface area contributed by atoms with Crippen molar-refractivity contribution in [3.63, 3.8) is 0 Å². The van der Waals surface area contributed by atoms with E-state index in [1.165, 1.54) is 10.6 Å². The summed E-state index contributed by atoms with van der Waals surface area (Å²) in [7, 11) is 1.78. The fourth-order valence-electron chi connectivity index (χ4n) is 1.44. The number of anilines is 1. The number of H-pyrrole nitrogens is 1. The van der Waals surface area contributed by atoms with Gasteiger partial charge in [-0.15, -0.1) is 0 Å². The van der Waals surface area contributed by atoms with Crippen LogP contribution in [0.15, 0.2) is 28.0 Å². The van der Waals surface area contributed by atoms with Gasteiger partial charge in [0.25, 0.3) is 5.56 Å². The normalized spacial score (nSPS) is 10.6. The van der Waals surface area contributed by atoms with Crippen molar-refractivity contribution in [3.05, 3.63) is 44.9 Å². The first kappa shape index (κ1) is 10.2. The summed E-state index contributed by atoms with van der Waals surface area (Å²) in [6.45, 7) is 0.287. The molecular formula is C9H11N5O2. The fraction of sp³-hybridized carbons (Fsp3) is 0.222. The number of aromatic amines is 1. The number of aryl methyl sites for hydroxylation is 1. The summed E-state index contributed by atoms with van der Waals surface area (Å²) in [5, 5.41) is 3.98. The molecule has 3 N–H and O–H groups in total. The van der Waals surface area contributed by atoms with Crippen molar-refractivity contribution in [2.24, 2.45) is 7.05 Å². The Bertz CT molecular complexity index is 621. The predicted octanol–water partition coefficient (Wildman–Crippen LogP) is -1.10. The molecule has 0 saturated carbocycles. The van der Waals surface area contributed by atoms with E-state index in [2.05, 4.69) is 10.1 Å². The molecule has 0 amide bonds. The van der Waals surface area contributed by atoms with E-state index in [1.54, 1.807) is 24.1 Å². The van der Waals surface area contributed by atoms with Gasteiger partial charge in [-0.1, -0.05) is 0 Å². The molecule has 2 aromatic rings. The van der Waals surface area contributed by atoms with Crippen LogP contribution in [-0.4, -0.2) is 19.3 Å². The summed E-state index contributed by atoms with van der Waals surface area (Å²) in [5.74, 6) is 0.137. The highest BCUT2D eigenvalue weighted by Gasteiger charge is 2.04. The van der Waals surface area contributed by atoms with Gasteiger partial charge in [-0.05, 0) is 0 Å². The third-order valence-corrected chi connectivity index (χ3v) is 2.16. The molecular weight excluding hydrogens is 210 g/mol. The van der Waals surface area contributed by atoms with Crippen LogP contribution in [0.5, 0.6) is 0 Å². The summed E-state index contributed by atoms with van der Waals surface area (Å²) in [5.41, 5.74) is 5.41. The number of nitrogens with one attached hydrogen (secondary N) is 1. The predicted molar refractivity (Wildman–Crippen MR) is 58.0 cm³/mol. The lowest BCUT2D eigenvalue weighted by atomic mass is 10.3. The van der Waals surface area contributed by atoms with Crippen LogP contribution in [0.4, 0.5) is 5.82 Å². The molecule has 2 heterocycles. The van der Waals surface area contributed by atoms with E-state index < -0.39 is 11.2 Å². The van der Waals surface area contributed by atoms with Gasteiger partial charge in [0.2, 0.25) is 0 Å². The van der Waals surface area contributed by atoms with E-state index >= 15 is 0 Å². The van der Waals surface area contributed by atoms with Crippen LogP contribution in [0.2, 0.25) is 0 Å². The Morgan fingerprint density at radius 3 is 2.81 bits per heavy atom. The van der Waals surface area contributed by atoms with Crippen molar-refractivity contribution < 1.29 is 0 Å². The average molecular weight is 221 g/mol. The molecule has 0 saturated heterocycles. The number of hydrogen-bond acceptors (Lipinski definition) is 4. The molecule has 0 radical (unpaired) electrons. The van der Waals surface area contributed by atoms with Gasteiger partial charge in [0.1, 0.15) is 5.82 Å². The van der Waals surface area contributed by atoms with Crippen molar-refractivity contribution in [2.75, 3.05) is 5.73 Å². The molecule has 7 heteroatoms. The minimum atomic E-state index is -0.520. The average Bonchev–Trinajstić information content (AvgIpc) is 2.58. The summed E-state index contributed by atoms with van der Waals surface area (Å²) < 4.78 is 2.90. The quantitative estimate of drug-likeness (QED) is 0.672. The molecule has 2 aromatic heterocycles. The molecule has 0 aliphatic carbocycles. The van der Waals surface area contributed by atoms with Gasteiger partial charge in [0.15, 0.2) is 0 Å². The third-order valence-electron chi connectivity index (χ3n) is 2.16. The molecule has 0 aliphatic heterocycles. The number of rotatable bonds is 2. The first-order valence-corrected chi connectivity index (χ1v) is 4.63. The monoisotopic (exact) mass is 221 g/mol. The zero-order chi connectivity index (χ0) is 11.7. The molecule has 2 rings (SSSR count).